The molecule has 0 spiro atoms. The molecule has 0 saturated heterocycles. The second-order valence-corrected chi connectivity index (χ2v) is 4.84. The van der Waals surface area contributed by atoms with Crippen molar-refractivity contribution in [2.24, 2.45) is 17.3 Å². The summed E-state index contributed by atoms with van der Waals surface area (Å²) in [6.45, 7) is 5.48. The van der Waals surface area contributed by atoms with Gasteiger partial charge in [0.25, 0.3) is 0 Å². The van der Waals surface area contributed by atoms with E-state index in [-0.39, 0.29) is 24.2 Å². The van der Waals surface area contributed by atoms with Gasteiger partial charge in [-0.3, -0.25) is 0 Å². The van der Waals surface area contributed by atoms with Crippen LogP contribution in [-0.4, -0.2) is 18.1 Å². The molecule has 0 saturated carbocycles. The summed E-state index contributed by atoms with van der Waals surface area (Å²) in [7, 11) is 0. The van der Waals surface area contributed by atoms with Gasteiger partial charge in [-0.25, -0.2) is 0 Å². The minimum Gasteiger partial charge on any atom is -0.410 e. The van der Waals surface area contributed by atoms with Gasteiger partial charge < -0.3 is 9.84 Å². The van der Waals surface area contributed by atoms with E-state index in [1.54, 1.807) is 6.92 Å². The Bertz CT molecular complexity index is 299. The van der Waals surface area contributed by atoms with Gasteiger partial charge in [0.05, 0.1) is 6.61 Å². The highest BCUT2D eigenvalue weighted by atomic mass is 19.4. The largest absolute Gasteiger partial charge is 0.572 e. The lowest BCUT2D eigenvalue weighted by Crippen LogP contribution is -2.46. The minimum atomic E-state index is -4.65. The van der Waals surface area contributed by atoms with Crippen molar-refractivity contribution in [1.82, 2.24) is 0 Å². The van der Waals surface area contributed by atoms with Crippen LogP contribution in [0.3, 0.4) is 0 Å². The lowest BCUT2D eigenvalue weighted by Gasteiger charge is -2.48. The van der Waals surface area contributed by atoms with E-state index in [2.05, 4.69) is 4.74 Å². The van der Waals surface area contributed by atoms with Gasteiger partial charge in [-0.15, -0.1) is 13.2 Å². The summed E-state index contributed by atoms with van der Waals surface area (Å²) >= 11 is 0. The van der Waals surface area contributed by atoms with Crippen molar-refractivity contribution in [2.75, 3.05) is 6.61 Å². The Kier molecular flexibility index (Phi) is 4.12. The lowest BCUT2D eigenvalue weighted by atomic mass is 9.59. The number of halogens is 3. The molecule has 0 aromatic heterocycles. The molecule has 0 radical (unpaired) electrons. The summed E-state index contributed by atoms with van der Waals surface area (Å²) in [5.41, 5.74) is -0.708. The first-order valence-electron chi connectivity index (χ1n) is 5.84. The zero-order valence-corrected chi connectivity index (χ0v) is 10.3. The number of aliphatic hydroxyl groups excluding tert-OH is 1. The number of ether oxygens (including phenoxy) is 1. The third-order valence-corrected chi connectivity index (χ3v) is 3.82. The molecule has 0 fully saturated rings. The summed E-state index contributed by atoms with van der Waals surface area (Å²) in [6, 6.07) is 0. The Morgan fingerprint density at radius 1 is 1.53 bits per heavy atom. The zero-order chi connectivity index (χ0) is 13.3. The normalized spacial score (nSPS) is 30.5. The predicted molar refractivity (Wildman–Crippen MR) is 58.0 cm³/mol. The van der Waals surface area contributed by atoms with E-state index in [0.717, 1.165) is 12.8 Å². The first kappa shape index (κ1) is 14.4. The highest BCUT2D eigenvalue weighted by Gasteiger charge is 2.52. The molecule has 1 rings (SSSR count). The van der Waals surface area contributed by atoms with E-state index in [4.69, 9.17) is 0 Å². The van der Waals surface area contributed by atoms with Gasteiger partial charge in [0.1, 0.15) is 5.76 Å². The van der Waals surface area contributed by atoms with Crippen LogP contribution in [0.4, 0.5) is 13.2 Å². The summed E-state index contributed by atoms with van der Waals surface area (Å²) in [5.74, 6) is -0.251. The van der Waals surface area contributed by atoms with Crippen LogP contribution in [0.15, 0.2) is 11.8 Å². The quantitative estimate of drug-likeness (QED) is 0.811. The van der Waals surface area contributed by atoms with Crippen LogP contribution >= 0.6 is 0 Å². The van der Waals surface area contributed by atoms with Crippen molar-refractivity contribution in [2.45, 2.75) is 40.0 Å². The average molecular weight is 252 g/mol. The van der Waals surface area contributed by atoms with Crippen molar-refractivity contribution < 1.29 is 23.0 Å². The van der Waals surface area contributed by atoms with Gasteiger partial charge in [0.15, 0.2) is 0 Å². The fourth-order valence-corrected chi connectivity index (χ4v) is 2.47. The Labute approximate surface area is 99.5 Å². The van der Waals surface area contributed by atoms with Crippen LogP contribution in [0.2, 0.25) is 0 Å². The van der Waals surface area contributed by atoms with E-state index in [1.165, 1.54) is 6.08 Å². The average Bonchev–Trinajstić information content (AvgIpc) is 2.21. The molecule has 2 nitrogen and oxygen atoms in total. The second kappa shape index (κ2) is 4.88. The highest BCUT2D eigenvalue weighted by molar-refractivity contribution is 5.25. The maximum Gasteiger partial charge on any atom is 0.572 e. The van der Waals surface area contributed by atoms with Gasteiger partial charge in [-0.05, 0) is 18.4 Å². The maximum absolute atomic E-state index is 12.2. The molecule has 0 heterocycles. The third-order valence-electron chi connectivity index (χ3n) is 3.82. The van der Waals surface area contributed by atoms with E-state index in [0.29, 0.717) is 0 Å². The summed E-state index contributed by atoms with van der Waals surface area (Å²) in [4.78, 5) is 0. The molecule has 0 bridgehead atoms. The van der Waals surface area contributed by atoms with Crippen LogP contribution in [0.1, 0.15) is 33.6 Å². The van der Waals surface area contributed by atoms with Gasteiger partial charge in [0.2, 0.25) is 0 Å². The van der Waals surface area contributed by atoms with Crippen molar-refractivity contribution in [1.29, 1.82) is 0 Å². The molecule has 1 aliphatic carbocycles. The molecule has 5 heteroatoms. The molecule has 1 aliphatic rings. The molecule has 1 unspecified atom stereocenters. The summed E-state index contributed by atoms with van der Waals surface area (Å²) in [6.07, 6.45) is -1.57. The van der Waals surface area contributed by atoms with Gasteiger partial charge in [0, 0.05) is 11.3 Å². The number of alkyl halides is 3. The van der Waals surface area contributed by atoms with Crippen molar-refractivity contribution in [3.05, 3.63) is 11.8 Å². The van der Waals surface area contributed by atoms with E-state index < -0.39 is 11.8 Å². The van der Waals surface area contributed by atoms with E-state index >= 15 is 0 Å². The summed E-state index contributed by atoms with van der Waals surface area (Å²) in [5, 5.41) is 9.17. The monoisotopic (exact) mass is 252 g/mol. The molecule has 0 aliphatic heterocycles. The molecule has 1 N–H and O–H groups in total. The van der Waals surface area contributed by atoms with Gasteiger partial charge in [-0.1, -0.05) is 27.2 Å². The number of allylic oxidation sites excluding steroid dienone is 1. The Balaban J connectivity index is 2.84. The predicted octanol–water partition coefficient (Wildman–Crippen LogP) is 3.47. The topological polar surface area (TPSA) is 29.5 Å². The first-order chi connectivity index (χ1) is 7.75. The van der Waals surface area contributed by atoms with Crippen molar-refractivity contribution in [3.8, 4) is 0 Å². The fourth-order valence-electron chi connectivity index (χ4n) is 2.47. The molecule has 0 aromatic rings. The van der Waals surface area contributed by atoms with Crippen LogP contribution in [0.5, 0.6) is 0 Å². The van der Waals surface area contributed by atoms with Crippen LogP contribution in [-0.2, 0) is 4.74 Å². The van der Waals surface area contributed by atoms with E-state index in [1.807, 2.05) is 13.8 Å². The Morgan fingerprint density at radius 3 is 2.53 bits per heavy atom. The molecular weight excluding hydrogens is 233 g/mol. The number of hydrogen-bond donors (Lipinski definition) is 1. The van der Waals surface area contributed by atoms with Crippen LogP contribution < -0.4 is 0 Å². The smallest absolute Gasteiger partial charge is 0.410 e. The molecule has 17 heavy (non-hydrogen) atoms. The van der Waals surface area contributed by atoms with Crippen molar-refractivity contribution in [3.63, 3.8) is 0 Å². The first-order valence-corrected chi connectivity index (χ1v) is 5.84. The number of hydrogen-bond acceptors (Lipinski definition) is 2. The van der Waals surface area contributed by atoms with Gasteiger partial charge >= 0.3 is 6.36 Å². The molecule has 0 amide bonds. The lowest BCUT2D eigenvalue weighted by molar-refractivity contribution is -0.318. The van der Waals surface area contributed by atoms with Crippen LogP contribution in [0, 0.1) is 17.3 Å². The fraction of sp³-hybridized carbons (Fsp3) is 0.833. The minimum absolute atomic E-state index is 0.0481. The highest BCUT2D eigenvalue weighted by Crippen LogP contribution is 2.54. The van der Waals surface area contributed by atoms with Gasteiger partial charge in [-0.2, -0.15) is 0 Å². The number of rotatable bonds is 5. The molecule has 3 atom stereocenters. The van der Waals surface area contributed by atoms with Crippen LogP contribution in [0.25, 0.3) is 0 Å². The maximum atomic E-state index is 12.2. The summed E-state index contributed by atoms with van der Waals surface area (Å²) < 4.78 is 40.7. The number of aliphatic hydroxyl groups is 1. The zero-order valence-electron chi connectivity index (χ0n) is 10.3. The molecule has 100 valence electrons. The Hall–Kier alpha value is -0.710. The third kappa shape index (κ3) is 2.76. The molecular formula is C12H19F3O2. The second-order valence-electron chi connectivity index (χ2n) is 4.84. The standard InChI is InChI=1S/C12H19F3O2/c1-4-5-8(2)11(3)9(7-16)6-10(11)17-12(13,14)15/h6,8-9,16H,4-5,7H2,1-3H3/t8?,9-,11+/m1/s1. The molecule has 0 aromatic carbocycles. The van der Waals surface area contributed by atoms with E-state index in [9.17, 15) is 18.3 Å². The SMILES string of the molecule is CCCC(C)[C@]1(C)C(OC(F)(F)F)=C[C@@H]1CO. The Morgan fingerprint density at radius 2 is 2.12 bits per heavy atom. The van der Waals surface area contributed by atoms with Crippen molar-refractivity contribution >= 4 is 0 Å².